The molecular weight excluding hydrogens is 533 g/mol. The van der Waals surface area contributed by atoms with Crippen molar-refractivity contribution < 1.29 is 4.79 Å². The minimum absolute atomic E-state index is 0.140. The molecule has 3 aromatic carbocycles. The zero-order valence-corrected chi connectivity index (χ0v) is 23.7. The number of thioether (sulfide) groups is 1. The van der Waals surface area contributed by atoms with Crippen molar-refractivity contribution in [3.63, 3.8) is 0 Å². The van der Waals surface area contributed by atoms with Crippen LogP contribution >= 0.6 is 23.1 Å². The van der Waals surface area contributed by atoms with Crippen molar-refractivity contribution in [3.8, 4) is 28.6 Å². The number of H-pyrrole nitrogens is 1. The number of hydrogen-bond acceptors (Lipinski definition) is 5. The standard InChI is InChI=1S/C33H28N4OS2/c1-21(39-33-35-29(23-13-7-3-8-14-23)30(36-33)24-15-9-4-10-16-24)31(38)37-32-27(20-34)26-18-17-25(19-28(26)40-32)22-11-5-2-6-12-22/h2-16,21,25H,17-19H2,1H3,(H,35,36)(H,37,38). The number of hydrogen-bond donors (Lipinski definition) is 2. The minimum Gasteiger partial charge on any atom is -0.332 e. The van der Waals surface area contributed by atoms with E-state index in [0.717, 1.165) is 47.3 Å². The first-order chi connectivity index (χ1) is 19.6. The van der Waals surface area contributed by atoms with Crippen LogP contribution in [0.5, 0.6) is 0 Å². The van der Waals surface area contributed by atoms with Crippen molar-refractivity contribution in [2.45, 2.75) is 42.5 Å². The van der Waals surface area contributed by atoms with Crippen LogP contribution in [-0.4, -0.2) is 21.1 Å². The van der Waals surface area contributed by atoms with Crippen molar-refractivity contribution in [2.75, 3.05) is 5.32 Å². The number of rotatable bonds is 7. The van der Waals surface area contributed by atoms with Gasteiger partial charge in [-0.15, -0.1) is 11.3 Å². The average Bonchev–Trinajstić information content (AvgIpc) is 3.58. The summed E-state index contributed by atoms with van der Waals surface area (Å²) < 4.78 is 0. The number of nitriles is 1. The van der Waals surface area contributed by atoms with E-state index < -0.39 is 5.25 Å². The molecule has 7 heteroatoms. The lowest BCUT2D eigenvalue weighted by molar-refractivity contribution is -0.115. The third-order valence-electron chi connectivity index (χ3n) is 7.33. The summed E-state index contributed by atoms with van der Waals surface area (Å²) in [6.07, 6.45) is 2.76. The fourth-order valence-corrected chi connectivity index (χ4v) is 7.35. The molecule has 5 nitrogen and oxygen atoms in total. The molecule has 5 aromatic rings. The number of anilines is 1. The highest BCUT2D eigenvalue weighted by Gasteiger charge is 2.28. The Bertz CT molecular complexity index is 1610. The molecule has 0 fully saturated rings. The first-order valence-electron chi connectivity index (χ1n) is 13.4. The zero-order valence-electron chi connectivity index (χ0n) is 22.1. The molecule has 0 spiro atoms. The van der Waals surface area contributed by atoms with E-state index in [0.29, 0.717) is 21.6 Å². The van der Waals surface area contributed by atoms with Crippen molar-refractivity contribution in [1.29, 1.82) is 5.26 Å². The largest absolute Gasteiger partial charge is 0.332 e. The number of amides is 1. The second-order valence-electron chi connectivity index (χ2n) is 9.92. The Morgan fingerprint density at radius 3 is 2.35 bits per heavy atom. The Morgan fingerprint density at radius 1 is 1.02 bits per heavy atom. The summed E-state index contributed by atoms with van der Waals surface area (Å²) in [5.41, 5.74) is 6.88. The summed E-state index contributed by atoms with van der Waals surface area (Å²) >= 11 is 2.94. The lowest BCUT2D eigenvalue weighted by Gasteiger charge is -2.22. The number of imidazole rings is 1. The summed E-state index contributed by atoms with van der Waals surface area (Å²) in [5.74, 6) is 0.298. The lowest BCUT2D eigenvalue weighted by Crippen LogP contribution is -2.22. The monoisotopic (exact) mass is 560 g/mol. The van der Waals surface area contributed by atoms with E-state index in [4.69, 9.17) is 4.98 Å². The molecule has 2 aromatic heterocycles. The number of carbonyl (C=O) groups excluding carboxylic acids is 1. The van der Waals surface area contributed by atoms with E-state index in [1.54, 1.807) is 11.3 Å². The van der Waals surface area contributed by atoms with Gasteiger partial charge in [0.2, 0.25) is 5.91 Å². The summed E-state index contributed by atoms with van der Waals surface area (Å²) in [7, 11) is 0. The van der Waals surface area contributed by atoms with Gasteiger partial charge in [0.15, 0.2) is 5.16 Å². The molecule has 2 N–H and O–H groups in total. The molecule has 0 radical (unpaired) electrons. The smallest absolute Gasteiger partial charge is 0.238 e. The number of thiophene rings is 1. The highest BCUT2D eigenvalue weighted by molar-refractivity contribution is 8.00. The summed E-state index contributed by atoms with van der Waals surface area (Å²) in [5, 5.41) is 14.0. The van der Waals surface area contributed by atoms with E-state index in [1.165, 1.54) is 22.2 Å². The summed E-state index contributed by atoms with van der Waals surface area (Å²) in [4.78, 5) is 22.9. The van der Waals surface area contributed by atoms with Crippen LogP contribution in [0, 0.1) is 11.3 Å². The predicted molar refractivity (Wildman–Crippen MR) is 164 cm³/mol. The molecule has 2 unspecified atom stereocenters. The molecule has 6 rings (SSSR count). The van der Waals surface area contributed by atoms with Crippen molar-refractivity contribution in [1.82, 2.24) is 9.97 Å². The van der Waals surface area contributed by atoms with Gasteiger partial charge in [0.1, 0.15) is 11.1 Å². The third-order valence-corrected chi connectivity index (χ3v) is 9.49. The molecule has 40 heavy (non-hydrogen) atoms. The molecule has 0 saturated carbocycles. The molecular formula is C33H28N4OS2. The fraction of sp³-hybridized carbons (Fsp3) is 0.182. The maximum atomic E-state index is 13.3. The number of benzene rings is 3. The second-order valence-corrected chi connectivity index (χ2v) is 12.4. The zero-order chi connectivity index (χ0) is 27.5. The molecule has 2 heterocycles. The van der Waals surface area contributed by atoms with Gasteiger partial charge in [-0.3, -0.25) is 4.79 Å². The van der Waals surface area contributed by atoms with Crippen molar-refractivity contribution in [2.24, 2.45) is 0 Å². The van der Waals surface area contributed by atoms with Crippen molar-refractivity contribution in [3.05, 3.63) is 113 Å². The maximum Gasteiger partial charge on any atom is 0.238 e. The van der Waals surface area contributed by atoms with E-state index in [1.807, 2.05) is 61.5 Å². The molecule has 0 aliphatic heterocycles. The van der Waals surface area contributed by atoms with Crippen LogP contribution in [0.25, 0.3) is 22.5 Å². The third kappa shape index (κ3) is 5.33. The lowest BCUT2D eigenvalue weighted by atomic mass is 9.83. The Labute approximate surface area is 242 Å². The van der Waals surface area contributed by atoms with E-state index in [9.17, 15) is 10.1 Å². The molecule has 198 valence electrons. The number of carbonyl (C=O) groups is 1. The Hall–Kier alpha value is -4.12. The Morgan fingerprint density at radius 2 is 1.68 bits per heavy atom. The van der Waals surface area contributed by atoms with Gasteiger partial charge in [0.05, 0.1) is 22.2 Å². The van der Waals surface area contributed by atoms with Crippen LogP contribution in [0.4, 0.5) is 5.00 Å². The number of aromatic amines is 1. The number of nitrogens with one attached hydrogen (secondary N) is 2. The second kappa shape index (κ2) is 11.5. The van der Waals surface area contributed by atoms with Gasteiger partial charge in [-0.05, 0) is 43.2 Å². The van der Waals surface area contributed by atoms with E-state index >= 15 is 0 Å². The first kappa shape index (κ1) is 26.1. The molecule has 1 aliphatic rings. The minimum atomic E-state index is -0.416. The molecule has 0 saturated heterocycles. The Balaban J connectivity index is 1.21. The van der Waals surface area contributed by atoms with Crippen LogP contribution < -0.4 is 5.32 Å². The van der Waals surface area contributed by atoms with Gasteiger partial charge in [0.25, 0.3) is 0 Å². The summed E-state index contributed by atoms with van der Waals surface area (Å²) in [6, 6.07) is 33.1. The van der Waals surface area contributed by atoms with Crippen LogP contribution in [-0.2, 0) is 17.6 Å². The predicted octanol–water partition coefficient (Wildman–Crippen LogP) is 8.07. The quantitative estimate of drug-likeness (QED) is 0.197. The average molecular weight is 561 g/mol. The van der Waals surface area contributed by atoms with E-state index in [-0.39, 0.29) is 5.91 Å². The maximum absolute atomic E-state index is 13.3. The SMILES string of the molecule is CC(Sc1nc(-c2ccccc2)c(-c2ccccc2)[nH]1)C(=O)Nc1sc2c(c1C#N)CCC(c1ccccc1)C2. The van der Waals surface area contributed by atoms with Gasteiger partial charge < -0.3 is 10.3 Å². The van der Waals surface area contributed by atoms with Crippen LogP contribution in [0.1, 0.15) is 40.8 Å². The molecule has 1 aliphatic carbocycles. The van der Waals surface area contributed by atoms with Gasteiger partial charge in [-0.2, -0.15) is 5.26 Å². The Kier molecular flexibility index (Phi) is 7.54. The van der Waals surface area contributed by atoms with Gasteiger partial charge in [-0.1, -0.05) is 103 Å². The van der Waals surface area contributed by atoms with Crippen LogP contribution in [0.3, 0.4) is 0 Å². The number of fused-ring (bicyclic) bond motifs is 1. The molecule has 1 amide bonds. The molecule has 2 atom stereocenters. The normalized spacial score (nSPS) is 15.2. The summed E-state index contributed by atoms with van der Waals surface area (Å²) in [6.45, 7) is 1.87. The van der Waals surface area contributed by atoms with Crippen LogP contribution in [0.15, 0.2) is 96.2 Å². The molecule has 0 bridgehead atoms. The first-order valence-corrected chi connectivity index (χ1v) is 15.1. The van der Waals surface area contributed by atoms with Crippen molar-refractivity contribution >= 4 is 34.0 Å². The van der Waals surface area contributed by atoms with E-state index in [2.05, 4.69) is 52.8 Å². The number of aromatic nitrogens is 2. The van der Waals surface area contributed by atoms with Gasteiger partial charge in [-0.25, -0.2) is 4.98 Å². The number of nitrogens with zero attached hydrogens (tertiary/aromatic N) is 2. The highest BCUT2D eigenvalue weighted by atomic mass is 32.2. The topological polar surface area (TPSA) is 81.6 Å². The van der Waals surface area contributed by atoms with Crippen LogP contribution in [0.2, 0.25) is 0 Å². The fourth-order valence-electron chi connectivity index (χ4n) is 5.26. The van der Waals surface area contributed by atoms with Gasteiger partial charge in [0, 0.05) is 16.0 Å². The van der Waals surface area contributed by atoms with Gasteiger partial charge >= 0.3 is 0 Å². The highest BCUT2D eigenvalue weighted by Crippen LogP contribution is 2.42.